The molecule has 25 heavy (non-hydrogen) atoms. The van der Waals surface area contributed by atoms with Gasteiger partial charge in [-0.05, 0) is 36.4 Å². The molecule has 0 aliphatic carbocycles. The number of carbonyl (C=O) groups excluding carboxylic acids is 1. The summed E-state index contributed by atoms with van der Waals surface area (Å²) in [4.78, 5) is 14.7. The molecule has 4 rings (SSSR count). The molecule has 3 aromatic carbocycles. The summed E-state index contributed by atoms with van der Waals surface area (Å²) in [5.41, 5.74) is 2.49. The highest BCUT2D eigenvalue weighted by Gasteiger charge is 2.35. The lowest BCUT2D eigenvalue weighted by Gasteiger charge is -2.38. The number of nitrogens with one attached hydrogen (secondary N) is 1. The predicted octanol–water partition coefficient (Wildman–Crippen LogP) is 3.87. The summed E-state index contributed by atoms with van der Waals surface area (Å²) < 4.78 is 0. The zero-order valence-electron chi connectivity index (χ0n) is 13.3. The Morgan fingerprint density at radius 1 is 0.880 bits per heavy atom. The van der Waals surface area contributed by atoms with Gasteiger partial charge in [-0.15, -0.1) is 0 Å². The number of nitrogens with zero attached hydrogens (tertiary/aromatic N) is 1. The monoisotopic (exact) mass is 332 g/mol. The van der Waals surface area contributed by atoms with Crippen LogP contribution in [0.3, 0.4) is 0 Å². The van der Waals surface area contributed by atoms with E-state index in [-0.39, 0.29) is 17.4 Å². The minimum Gasteiger partial charge on any atom is -0.508 e. The molecule has 0 saturated heterocycles. The van der Waals surface area contributed by atoms with Gasteiger partial charge in [0.05, 0.1) is 5.56 Å². The molecule has 0 fully saturated rings. The number of para-hydroxylation sites is 2. The molecule has 1 amide bonds. The number of phenolic OH excluding ortho intramolecular Hbond substituents is 2. The van der Waals surface area contributed by atoms with Crippen LogP contribution < -0.4 is 10.2 Å². The number of hydrogen-bond donors (Lipinski definition) is 3. The van der Waals surface area contributed by atoms with Gasteiger partial charge in [-0.3, -0.25) is 9.69 Å². The zero-order chi connectivity index (χ0) is 17.4. The third kappa shape index (κ3) is 2.55. The molecule has 1 heterocycles. The van der Waals surface area contributed by atoms with Gasteiger partial charge in [-0.25, -0.2) is 0 Å². The second kappa shape index (κ2) is 5.87. The van der Waals surface area contributed by atoms with Crippen molar-refractivity contribution in [2.45, 2.75) is 6.17 Å². The molecule has 1 aliphatic heterocycles. The van der Waals surface area contributed by atoms with Crippen LogP contribution in [0, 0.1) is 0 Å². The molecule has 1 atom stereocenters. The van der Waals surface area contributed by atoms with Gasteiger partial charge in [-0.1, -0.05) is 30.3 Å². The second-order valence-corrected chi connectivity index (χ2v) is 5.85. The summed E-state index contributed by atoms with van der Waals surface area (Å²) in [5, 5.41) is 23.2. The van der Waals surface area contributed by atoms with Crippen molar-refractivity contribution in [3.05, 3.63) is 83.9 Å². The van der Waals surface area contributed by atoms with Crippen molar-refractivity contribution < 1.29 is 15.0 Å². The smallest absolute Gasteiger partial charge is 0.262 e. The van der Waals surface area contributed by atoms with Crippen molar-refractivity contribution in [1.82, 2.24) is 0 Å². The second-order valence-electron chi connectivity index (χ2n) is 5.85. The number of amides is 1. The first-order valence-electron chi connectivity index (χ1n) is 7.91. The molecule has 3 aromatic rings. The van der Waals surface area contributed by atoms with Crippen LogP contribution in [-0.4, -0.2) is 16.1 Å². The van der Waals surface area contributed by atoms with E-state index >= 15 is 0 Å². The minimum absolute atomic E-state index is 0.0324. The number of phenols is 2. The zero-order valence-corrected chi connectivity index (χ0v) is 13.3. The summed E-state index contributed by atoms with van der Waals surface area (Å²) in [7, 11) is 0. The van der Waals surface area contributed by atoms with Gasteiger partial charge in [0.1, 0.15) is 17.7 Å². The quantitative estimate of drug-likeness (QED) is 0.666. The Hall–Kier alpha value is -3.47. The molecule has 1 aliphatic rings. The molecule has 0 aromatic heterocycles. The number of benzene rings is 3. The van der Waals surface area contributed by atoms with Gasteiger partial charge >= 0.3 is 0 Å². The molecule has 0 bridgehead atoms. The topological polar surface area (TPSA) is 72.8 Å². The third-order valence-electron chi connectivity index (χ3n) is 4.27. The maximum Gasteiger partial charge on any atom is 0.262 e. The fourth-order valence-corrected chi connectivity index (χ4v) is 3.09. The minimum atomic E-state index is -0.592. The van der Waals surface area contributed by atoms with Gasteiger partial charge in [0, 0.05) is 23.0 Å². The third-order valence-corrected chi connectivity index (χ3v) is 4.27. The van der Waals surface area contributed by atoms with E-state index in [9.17, 15) is 15.0 Å². The normalized spacial score (nSPS) is 16.2. The summed E-state index contributed by atoms with van der Waals surface area (Å²) in [6, 6.07) is 20.9. The first kappa shape index (κ1) is 15.1. The van der Waals surface area contributed by atoms with Crippen molar-refractivity contribution in [3.8, 4) is 11.5 Å². The fraction of sp³-hybridized carbons (Fsp3) is 0.0500. The van der Waals surface area contributed by atoms with E-state index in [1.54, 1.807) is 17.0 Å². The van der Waals surface area contributed by atoms with Crippen LogP contribution >= 0.6 is 0 Å². The fourth-order valence-electron chi connectivity index (χ4n) is 3.09. The molecular formula is C20H16N2O3. The van der Waals surface area contributed by atoms with Crippen LogP contribution in [0.4, 0.5) is 11.4 Å². The molecule has 0 radical (unpaired) electrons. The lowest BCUT2D eigenvalue weighted by Crippen LogP contribution is -2.43. The van der Waals surface area contributed by atoms with Crippen molar-refractivity contribution in [3.63, 3.8) is 0 Å². The van der Waals surface area contributed by atoms with Crippen LogP contribution in [0.2, 0.25) is 0 Å². The number of rotatable bonds is 2. The molecule has 0 unspecified atom stereocenters. The Bertz CT molecular complexity index is 941. The summed E-state index contributed by atoms with van der Waals surface area (Å²) in [6.07, 6.45) is -0.592. The molecule has 0 saturated carbocycles. The van der Waals surface area contributed by atoms with E-state index in [1.165, 1.54) is 12.1 Å². The van der Waals surface area contributed by atoms with Crippen molar-refractivity contribution in [2.24, 2.45) is 0 Å². The number of carbonyl (C=O) groups is 1. The number of fused-ring (bicyclic) bond motifs is 1. The van der Waals surface area contributed by atoms with Crippen LogP contribution in [0.5, 0.6) is 11.5 Å². The van der Waals surface area contributed by atoms with Gasteiger partial charge < -0.3 is 15.5 Å². The molecule has 0 spiro atoms. The molecule has 5 heteroatoms. The Morgan fingerprint density at radius 2 is 1.60 bits per heavy atom. The molecule has 3 N–H and O–H groups in total. The SMILES string of the molecule is O=C1c2ccccc2N[C@@H](c2ccc(O)cc2O)N1c1ccccc1. The maximum absolute atomic E-state index is 13.1. The molecule has 5 nitrogen and oxygen atoms in total. The van der Waals surface area contributed by atoms with E-state index in [1.807, 2.05) is 48.5 Å². The van der Waals surface area contributed by atoms with E-state index in [0.717, 1.165) is 0 Å². The average molecular weight is 332 g/mol. The van der Waals surface area contributed by atoms with Crippen molar-refractivity contribution >= 4 is 17.3 Å². The van der Waals surface area contributed by atoms with E-state index < -0.39 is 6.17 Å². The maximum atomic E-state index is 13.1. The number of hydrogen-bond acceptors (Lipinski definition) is 4. The summed E-state index contributed by atoms with van der Waals surface area (Å²) in [5.74, 6) is -0.265. The highest BCUT2D eigenvalue weighted by Crippen LogP contribution is 2.39. The highest BCUT2D eigenvalue weighted by molar-refractivity contribution is 6.12. The number of aromatic hydroxyl groups is 2. The van der Waals surface area contributed by atoms with Gasteiger partial charge in [0.2, 0.25) is 0 Å². The van der Waals surface area contributed by atoms with Crippen molar-refractivity contribution in [2.75, 3.05) is 10.2 Å². The van der Waals surface area contributed by atoms with E-state index in [2.05, 4.69) is 5.32 Å². The molecular weight excluding hydrogens is 316 g/mol. The van der Waals surface area contributed by atoms with Gasteiger partial charge in [0.15, 0.2) is 0 Å². The first-order valence-corrected chi connectivity index (χ1v) is 7.91. The van der Waals surface area contributed by atoms with Crippen LogP contribution in [0.15, 0.2) is 72.8 Å². The Morgan fingerprint density at radius 3 is 2.36 bits per heavy atom. The lowest BCUT2D eigenvalue weighted by molar-refractivity contribution is 0.0974. The predicted molar refractivity (Wildman–Crippen MR) is 95.8 cm³/mol. The van der Waals surface area contributed by atoms with Crippen LogP contribution in [0.25, 0.3) is 0 Å². The lowest BCUT2D eigenvalue weighted by atomic mass is 10.0. The van der Waals surface area contributed by atoms with Crippen molar-refractivity contribution in [1.29, 1.82) is 0 Å². The largest absolute Gasteiger partial charge is 0.508 e. The van der Waals surface area contributed by atoms with Crippen LogP contribution in [-0.2, 0) is 0 Å². The van der Waals surface area contributed by atoms with Gasteiger partial charge in [0.25, 0.3) is 5.91 Å². The summed E-state index contributed by atoms with van der Waals surface area (Å²) in [6.45, 7) is 0. The average Bonchev–Trinajstić information content (AvgIpc) is 2.62. The summed E-state index contributed by atoms with van der Waals surface area (Å²) >= 11 is 0. The van der Waals surface area contributed by atoms with Gasteiger partial charge in [-0.2, -0.15) is 0 Å². The van der Waals surface area contributed by atoms with E-state index in [0.29, 0.717) is 22.5 Å². The van der Waals surface area contributed by atoms with Crippen LogP contribution in [0.1, 0.15) is 22.1 Å². The Balaban J connectivity index is 1.89. The number of anilines is 2. The molecule has 124 valence electrons. The standard InChI is InChI=1S/C20H16N2O3/c23-14-10-11-16(18(24)12-14)19-21-17-9-5-4-8-15(17)20(25)22(19)13-6-2-1-3-7-13/h1-12,19,21,23-24H/t19-/m1/s1. The highest BCUT2D eigenvalue weighted by atomic mass is 16.3. The first-order chi connectivity index (χ1) is 12.1. The van der Waals surface area contributed by atoms with E-state index in [4.69, 9.17) is 0 Å². The Labute approximate surface area is 144 Å². The Kier molecular flexibility index (Phi) is 3.54.